The molecule has 2 rings (SSSR count). The third-order valence-corrected chi connectivity index (χ3v) is 4.48. The van der Waals surface area contributed by atoms with E-state index in [1.165, 1.54) is 13.8 Å². The van der Waals surface area contributed by atoms with Crippen LogP contribution in [0.3, 0.4) is 0 Å². The molecule has 0 aliphatic carbocycles. The molecule has 0 fully saturated rings. The van der Waals surface area contributed by atoms with Crippen LogP contribution >= 0.6 is 0 Å². The van der Waals surface area contributed by atoms with Crippen molar-refractivity contribution in [3.05, 3.63) is 70.7 Å². The van der Waals surface area contributed by atoms with Gasteiger partial charge in [-0.1, -0.05) is 18.2 Å². The van der Waals surface area contributed by atoms with Gasteiger partial charge in [-0.25, -0.2) is 0 Å². The Kier molecular flexibility index (Phi) is 9.48. The monoisotopic (exact) mass is 447 g/mol. The minimum Gasteiger partial charge on any atom is -0.464 e. The van der Waals surface area contributed by atoms with Crippen molar-refractivity contribution in [3.8, 4) is 12.1 Å². The first-order chi connectivity index (χ1) is 15.8. The van der Waals surface area contributed by atoms with Crippen LogP contribution in [-0.4, -0.2) is 38.2 Å². The summed E-state index contributed by atoms with van der Waals surface area (Å²) in [4.78, 5) is 24.1. The molecule has 33 heavy (non-hydrogen) atoms. The van der Waals surface area contributed by atoms with Crippen LogP contribution < -0.4 is 4.90 Å². The summed E-state index contributed by atoms with van der Waals surface area (Å²) in [6, 6.07) is 11.4. The zero-order valence-electron chi connectivity index (χ0n) is 18.8. The van der Waals surface area contributed by atoms with Gasteiger partial charge in [0, 0.05) is 25.1 Å². The second kappa shape index (κ2) is 12.5. The van der Waals surface area contributed by atoms with Crippen LogP contribution in [0.25, 0.3) is 6.08 Å². The van der Waals surface area contributed by atoms with Crippen LogP contribution in [0.2, 0.25) is 0 Å². The fraction of sp³-hybridized carbons (Fsp3) is 0.280. The smallest absolute Gasteiger partial charge is 0.302 e. The molecule has 0 N–H and O–H groups in total. The standard InChI is InChI=1S/C25H25N3O5/c1-18-14-22(23(16-26)17-27)15-25(33-18)9-6-21-4-7-24(8-5-21)28(10-12-31-19(2)29)11-13-32-20(3)30/h4-9,14-15H,10-13H2,1-3H3. The molecule has 0 saturated heterocycles. The molecule has 1 aromatic carbocycles. The number of anilines is 1. The van der Waals surface area contributed by atoms with Gasteiger partial charge in [-0.3, -0.25) is 9.59 Å². The lowest BCUT2D eigenvalue weighted by molar-refractivity contribution is -0.141. The second-order valence-corrected chi connectivity index (χ2v) is 7.05. The Balaban J connectivity index is 2.12. The molecule has 1 aliphatic rings. The molecule has 0 saturated carbocycles. The van der Waals surface area contributed by atoms with Crippen molar-refractivity contribution in [3.63, 3.8) is 0 Å². The van der Waals surface area contributed by atoms with Gasteiger partial charge in [-0.05, 0) is 42.8 Å². The first-order valence-corrected chi connectivity index (χ1v) is 10.2. The van der Waals surface area contributed by atoms with Gasteiger partial charge in [0.05, 0.1) is 13.1 Å². The highest BCUT2D eigenvalue weighted by atomic mass is 16.5. The number of nitrogens with zero attached hydrogens (tertiary/aromatic N) is 3. The predicted molar refractivity (Wildman–Crippen MR) is 122 cm³/mol. The Morgan fingerprint density at radius 3 is 2.06 bits per heavy atom. The summed E-state index contributed by atoms with van der Waals surface area (Å²) in [6.07, 6.45) is 6.91. The van der Waals surface area contributed by atoms with E-state index < -0.39 is 0 Å². The lowest BCUT2D eigenvalue weighted by Gasteiger charge is -2.24. The van der Waals surface area contributed by atoms with Gasteiger partial charge in [0.2, 0.25) is 0 Å². The number of hydrogen-bond donors (Lipinski definition) is 0. The fourth-order valence-corrected chi connectivity index (χ4v) is 2.98. The van der Waals surface area contributed by atoms with Gasteiger partial charge in [-0.2, -0.15) is 10.5 Å². The number of hydrogen-bond acceptors (Lipinski definition) is 8. The number of ether oxygens (including phenoxy) is 3. The first kappa shape index (κ1) is 25.0. The molecule has 0 aromatic heterocycles. The van der Waals surface area contributed by atoms with Gasteiger partial charge in [0.1, 0.15) is 42.4 Å². The van der Waals surface area contributed by atoms with Crippen LogP contribution in [-0.2, 0) is 23.8 Å². The summed E-state index contributed by atoms with van der Waals surface area (Å²) in [6.45, 7) is 5.81. The number of rotatable bonds is 9. The van der Waals surface area contributed by atoms with Crippen molar-refractivity contribution in [2.75, 3.05) is 31.2 Å². The number of esters is 2. The van der Waals surface area contributed by atoms with Gasteiger partial charge in [-0.15, -0.1) is 0 Å². The number of nitriles is 2. The van der Waals surface area contributed by atoms with E-state index in [2.05, 4.69) is 0 Å². The molecular weight excluding hydrogens is 422 g/mol. The molecule has 0 atom stereocenters. The van der Waals surface area contributed by atoms with Crippen LogP contribution in [0.15, 0.2) is 65.2 Å². The molecule has 8 nitrogen and oxygen atoms in total. The average Bonchev–Trinajstić information content (AvgIpc) is 2.77. The largest absolute Gasteiger partial charge is 0.464 e. The number of carbonyl (C=O) groups is 2. The SMILES string of the molecule is CC(=O)OCCN(CCOC(C)=O)c1ccc(C=CC2=CC(=C(C#N)C#N)C=C(C)O2)cc1. The molecule has 1 aromatic rings. The Hall–Kier alpha value is -4.30. The molecule has 0 radical (unpaired) electrons. The first-order valence-electron chi connectivity index (χ1n) is 10.2. The molecule has 1 aliphatic heterocycles. The minimum absolute atomic E-state index is 0.0236. The molecule has 0 bridgehead atoms. The highest BCUT2D eigenvalue weighted by Crippen LogP contribution is 2.23. The average molecular weight is 447 g/mol. The van der Waals surface area contributed by atoms with E-state index >= 15 is 0 Å². The van der Waals surface area contributed by atoms with Crippen molar-refractivity contribution < 1.29 is 23.8 Å². The van der Waals surface area contributed by atoms with E-state index in [9.17, 15) is 9.59 Å². The summed E-state index contributed by atoms with van der Waals surface area (Å²) in [5, 5.41) is 18.2. The van der Waals surface area contributed by atoms with Gasteiger partial charge in [0.15, 0.2) is 0 Å². The van der Waals surface area contributed by atoms with E-state index in [1.807, 2.05) is 47.4 Å². The lowest BCUT2D eigenvalue weighted by Crippen LogP contribution is -2.31. The Morgan fingerprint density at radius 2 is 1.55 bits per heavy atom. The second-order valence-electron chi connectivity index (χ2n) is 7.05. The zero-order valence-corrected chi connectivity index (χ0v) is 18.8. The van der Waals surface area contributed by atoms with Gasteiger partial charge < -0.3 is 19.1 Å². The van der Waals surface area contributed by atoms with E-state index in [1.54, 1.807) is 25.2 Å². The summed E-state index contributed by atoms with van der Waals surface area (Å²) >= 11 is 0. The van der Waals surface area contributed by atoms with E-state index in [0.717, 1.165) is 11.3 Å². The van der Waals surface area contributed by atoms with Crippen LogP contribution in [0.1, 0.15) is 26.3 Å². The topological polar surface area (TPSA) is 113 Å². The molecule has 1 heterocycles. The van der Waals surface area contributed by atoms with Crippen LogP contribution in [0.5, 0.6) is 0 Å². The third kappa shape index (κ3) is 8.39. The molecular formula is C25H25N3O5. The Bertz CT molecular complexity index is 1050. The quantitative estimate of drug-likeness (QED) is 0.415. The predicted octanol–water partition coefficient (Wildman–Crippen LogP) is 3.79. The van der Waals surface area contributed by atoms with Gasteiger partial charge in [0.25, 0.3) is 0 Å². The van der Waals surface area contributed by atoms with Crippen molar-refractivity contribution in [1.29, 1.82) is 10.5 Å². The summed E-state index contributed by atoms with van der Waals surface area (Å²) in [7, 11) is 0. The molecule has 170 valence electrons. The van der Waals surface area contributed by atoms with Crippen molar-refractivity contribution in [2.24, 2.45) is 0 Å². The Labute approximate surface area is 193 Å². The third-order valence-electron chi connectivity index (χ3n) is 4.48. The normalized spacial score (nSPS) is 12.6. The van der Waals surface area contributed by atoms with Crippen molar-refractivity contribution in [1.82, 2.24) is 0 Å². The molecule has 8 heteroatoms. The highest BCUT2D eigenvalue weighted by molar-refractivity contribution is 5.66. The lowest BCUT2D eigenvalue weighted by atomic mass is 10.1. The maximum absolute atomic E-state index is 11.1. The van der Waals surface area contributed by atoms with E-state index in [-0.39, 0.29) is 30.7 Å². The summed E-state index contributed by atoms with van der Waals surface area (Å²) in [5.74, 6) is 0.395. The van der Waals surface area contributed by atoms with E-state index in [4.69, 9.17) is 24.7 Å². The maximum atomic E-state index is 11.1. The molecule has 0 unspecified atom stereocenters. The van der Waals surface area contributed by atoms with Gasteiger partial charge >= 0.3 is 11.9 Å². The number of carbonyl (C=O) groups excluding carboxylic acids is 2. The highest BCUT2D eigenvalue weighted by Gasteiger charge is 2.11. The van der Waals surface area contributed by atoms with Crippen LogP contribution in [0, 0.1) is 22.7 Å². The van der Waals surface area contributed by atoms with Crippen molar-refractivity contribution in [2.45, 2.75) is 20.8 Å². The van der Waals surface area contributed by atoms with E-state index in [0.29, 0.717) is 30.2 Å². The number of benzene rings is 1. The molecule has 0 amide bonds. The van der Waals surface area contributed by atoms with Crippen LogP contribution in [0.4, 0.5) is 5.69 Å². The zero-order chi connectivity index (χ0) is 24.2. The number of allylic oxidation sites excluding steroid dienone is 6. The van der Waals surface area contributed by atoms with Crippen molar-refractivity contribution >= 4 is 23.7 Å². The minimum atomic E-state index is -0.352. The Morgan fingerprint density at radius 1 is 0.970 bits per heavy atom. The fourth-order valence-electron chi connectivity index (χ4n) is 2.98. The maximum Gasteiger partial charge on any atom is 0.302 e. The summed E-state index contributed by atoms with van der Waals surface area (Å²) in [5.41, 5.74) is 2.32. The molecule has 0 spiro atoms. The summed E-state index contributed by atoms with van der Waals surface area (Å²) < 4.78 is 15.7.